The van der Waals surface area contributed by atoms with E-state index in [0.29, 0.717) is 0 Å². The second kappa shape index (κ2) is 5.79. The van der Waals surface area contributed by atoms with Crippen LogP contribution in [0.15, 0.2) is 71.4 Å². The van der Waals surface area contributed by atoms with Gasteiger partial charge in [-0.05, 0) is 11.1 Å². The number of nitrogens with one attached hydrogen (secondary N) is 1. The topological polar surface area (TPSA) is 53.7 Å². The van der Waals surface area contributed by atoms with Gasteiger partial charge in [-0.2, -0.15) is 0 Å². The number of benzene rings is 2. The number of hydrogen-bond acceptors (Lipinski definition) is 2. The Balaban J connectivity index is 2.04. The Morgan fingerprint density at radius 1 is 0.952 bits per heavy atom. The van der Waals surface area contributed by atoms with Crippen LogP contribution in [-0.2, 0) is 0 Å². The van der Waals surface area contributed by atoms with Crippen LogP contribution in [0, 0.1) is 0 Å². The maximum atomic E-state index is 7.51. The highest BCUT2D eigenvalue weighted by Gasteiger charge is 2.30. The number of aromatic nitrogens is 2. The molecule has 0 saturated carbocycles. The summed E-state index contributed by atoms with van der Waals surface area (Å²) in [5.74, 6) is 0.226. The molecule has 0 amide bonds. The van der Waals surface area contributed by atoms with Crippen molar-refractivity contribution in [1.82, 2.24) is 5.27 Å². The van der Waals surface area contributed by atoms with Gasteiger partial charge in [-0.3, -0.25) is 0 Å². The van der Waals surface area contributed by atoms with Gasteiger partial charge in [0.05, 0.1) is 5.92 Å². The van der Waals surface area contributed by atoms with Crippen LogP contribution in [0.5, 0.6) is 0 Å². The van der Waals surface area contributed by atoms with Crippen LogP contribution in [0.2, 0.25) is 0 Å². The second-order valence-electron chi connectivity index (χ2n) is 5.09. The van der Waals surface area contributed by atoms with Gasteiger partial charge in [0.25, 0.3) is 0 Å². The van der Waals surface area contributed by atoms with Crippen molar-refractivity contribution in [3.05, 3.63) is 83.7 Å². The maximum absolute atomic E-state index is 7.51. The Labute approximate surface area is 123 Å². The molecule has 0 fully saturated rings. The molecule has 1 heterocycles. The molecule has 106 valence electrons. The normalized spacial score (nSPS) is 12.5. The molecular weight excluding hydrogens is 262 g/mol. The van der Waals surface area contributed by atoms with Crippen LogP contribution in [-0.4, -0.2) is 5.27 Å². The Morgan fingerprint density at radius 3 is 1.90 bits per heavy atom. The average Bonchev–Trinajstić information content (AvgIpc) is 2.96. The van der Waals surface area contributed by atoms with Gasteiger partial charge in [-0.15, -0.1) is 0 Å². The first-order chi connectivity index (χ1) is 10.3. The van der Waals surface area contributed by atoms with E-state index in [1.165, 1.54) is 11.1 Å². The Hall–Kier alpha value is -2.62. The third-order valence-corrected chi connectivity index (χ3v) is 3.70. The van der Waals surface area contributed by atoms with E-state index in [1.54, 1.807) is 10.9 Å². The van der Waals surface area contributed by atoms with Crippen molar-refractivity contribution in [3.63, 3.8) is 0 Å². The first-order valence-electron chi connectivity index (χ1n) is 6.95. The summed E-state index contributed by atoms with van der Waals surface area (Å²) < 4.78 is 6.60. The van der Waals surface area contributed by atoms with E-state index in [0.717, 1.165) is 0 Å². The Morgan fingerprint density at radius 2 is 1.48 bits per heavy atom. The smallest absolute Gasteiger partial charge is 0.222 e. The van der Waals surface area contributed by atoms with E-state index in [-0.39, 0.29) is 17.8 Å². The third-order valence-electron chi connectivity index (χ3n) is 3.70. The van der Waals surface area contributed by atoms with Crippen LogP contribution < -0.4 is 4.68 Å². The molecule has 2 aromatic carbocycles. The predicted octanol–water partition coefficient (Wildman–Crippen LogP) is 4.04. The molecule has 3 aromatic rings. The minimum atomic E-state index is 0.0534. The van der Waals surface area contributed by atoms with Crippen molar-refractivity contribution in [3.8, 4) is 0 Å². The minimum Gasteiger partial charge on any atom is -0.660 e. The van der Waals surface area contributed by atoms with E-state index in [9.17, 15) is 0 Å². The van der Waals surface area contributed by atoms with Gasteiger partial charge in [0.2, 0.25) is 6.20 Å². The molecule has 3 rings (SSSR count). The molecule has 0 aliphatic rings. The molecule has 0 bridgehead atoms. The fourth-order valence-corrected chi connectivity index (χ4v) is 2.67. The summed E-state index contributed by atoms with van der Waals surface area (Å²) in [5.41, 5.74) is 9.95. The largest absolute Gasteiger partial charge is 0.660 e. The highest BCUT2D eigenvalue weighted by Crippen LogP contribution is 2.32. The summed E-state index contributed by atoms with van der Waals surface area (Å²) in [4.78, 5) is 0. The Kier molecular flexibility index (Phi) is 3.69. The molecule has 0 aliphatic carbocycles. The minimum absolute atomic E-state index is 0.0534. The van der Waals surface area contributed by atoms with Crippen molar-refractivity contribution in [2.24, 2.45) is 0 Å². The zero-order valence-corrected chi connectivity index (χ0v) is 11.8. The summed E-state index contributed by atoms with van der Waals surface area (Å²) in [5, 5.41) is 3.94. The van der Waals surface area contributed by atoms with Crippen LogP contribution in [0.4, 0.5) is 5.88 Å². The van der Waals surface area contributed by atoms with Gasteiger partial charge < -0.3 is 10.3 Å². The van der Waals surface area contributed by atoms with Crippen molar-refractivity contribution in [1.29, 1.82) is 0 Å². The van der Waals surface area contributed by atoms with E-state index < -0.39 is 0 Å². The summed E-state index contributed by atoms with van der Waals surface area (Å²) in [7, 11) is 0. The molecule has 0 spiro atoms. The molecule has 0 saturated heterocycles. The lowest BCUT2D eigenvalue weighted by Gasteiger charge is -2.19. The third kappa shape index (κ3) is 2.79. The van der Waals surface area contributed by atoms with Crippen LogP contribution in [0.1, 0.15) is 30.0 Å². The molecule has 1 N–H and O–H groups in total. The SMILES string of the molecule is CC(C(c1ccccc1)c1ccccc1)[n+]1cc([NH-])on1. The zero-order valence-electron chi connectivity index (χ0n) is 11.8. The first kappa shape index (κ1) is 13.4. The number of nitrogens with zero attached hydrogens (tertiary/aromatic N) is 2. The lowest BCUT2D eigenvalue weighted by atomic mass is 9.86. The highest BCUT2D eigenvalue weighted by atomic mass is 16.5. The van der Waals surface area contributed by atoms with Gasteiger partial charge in [0.15, 0.2) is 11.3 Å². The van der Waals surface area contributed by atoms with Crippen molar-refractivity contribution < 1.29 is 9.20 Å². The average molecular weight is 279 g/mol. The number of rotatable bonds is 4. The van der Waals surface area contributed by atoms with E-state index in [2.05, 4.69) is 36.5 Å². The monoisotopic (exact) mass is 279 g/mol. The molecular formula is C17H17N3O. The van der Waals surface area contributed by atoms with E-state index in [4.69, 9.17) is 10.3 Å². The van der Waals surface area contributed by atoms with E-state index in [1.807, 2.05) is 36.4 Å². The fraction of sp³-hybridized carbons (Fsp3) is 0.176. The van der Waals surface area contributed by atoms with Crippen molar-refractivity contribution in [2.45, 2.75) is 18.9 Å². The van der Waals surface area contributed by atoms with Gasteiger partial charge in [-0.1, -0.05) is 65.3 Å². The maximum Gasteiger partial charge on any atom is 0.222 e. The lowest BCUT2D eigenvalue weighted by Crippen LogP contribution is -2.42. The predicted molar refractivity (Wildman–Crippen MR) is 80.1 cm³/mol. The molecule has 4 nitrogen and oxygen atoms in total. The molecule has 1 atom stereocenters. The molecule has 4 heteroatoms. The molecule has 1 aromatic heterocycles. The van der Waals surface area contributed by atoms with Gasteiger partial charge in [0.1, 0.15) is 5.88 Å². The summed E-state index contributed by atoms with van der Waals surface area (Å²) in [6.07, 6.45) is 1.61. The standard InChI is InChI=1S/C17H17N3O/c1-13(20-12-16(18)21-19-20)17(14-8-4-2-5-9-14)15-10-6-3-7-11-15/h2-13,17-18H,1H3. The Bertz CT molecular complexity index is 655. The summed E-state index contributed by atoms with van der Waals surface area (Å²) in [6, 6.07) is 20.7. The first-order valence-corrected chi connectivity index (χ1v) is 6.95. The zero-order chi connectivity index (χ0) is 14.7. The molecule has 0 radical (unpaired) electrons. The van der Waals surface area contributed by atoms with Crippen LogP contribution in [0.25, 0.3) is 5.73 Å². The fourth-order valence-electron chi connectivity index (χ4n) is 2.67. The van der Waals surface area contributed by atoms with Crippen molar-refractivity contribution >= 4 is 5.88 Å². The van der Waals surface area contributed by atoms with Gasteiger partial charge >= 0.3 is 0 Å². The molecule has 0 aliphatic heterocycles. The van der Waals surface area contributed by atoms with Crippen LogP contribution >= 0.6 is 0 Å². The van der Waals surface area contributed by atoms with E-state index >= 15 is 0 Å². The quantitative estimate of drug-likeness (QED) is 0.677. The molecule has 1 unspecified atom stereocenters. The van der Waals surface area contributed by atoms with Gasteiger partial charge in [0, 0.05) is 6.92 Å². The second-order valence-corrected chi connectivity index (χ2v) is 5.09. The van der Waals surface area contributed by atoms with Crippen LogP contribution in [0.3, 0.4) is 0 Å². The van der Waals surface area contributed by atoms with Crippen molar-refractivity contribution in [2.75, 3.05) is 0 Å². The number of hydrogen-bond donors (Lipinski definition) is 0. The molecule has 21 heavy (non-hydrogen) atoms. The van der Waals surface area contributed by atoms with Gasteiger partial charge in [-0.25, -0.2) is 0 Å². The highest BCUT2D eigenvalue weighted by molar-refractivity contribution is 5.33. The summed E-state index contributed by atoms with van der Waals surface area (Å²) >= 11 is 0. The summed E-state index contributed by atoms with van der Waals surface area (Å²) in [6.45, 7) is 2.09. The lowest BCUT2D eigenvalue weighted by molar-refractivity contribution is -0.783.